The minimum atomic E-state index is -0.264. The molecule has 0 aromatic carbocycles. The Bertz CT molecular complexity index is 733. The Kier molecular flexibility index (Phi) is 4.83. The summed E-state index contributed by atoms with van der Waals surface area (Å²) in [5, 5.41) is 18.4. The van der Waals surface area contributed by atoms with Gasteiger partial charge in [0.05, 0.1) is 6.10 Å². The van der Waals surface area contributed by atoms with Gasteiger partial charge in [-0.15, -0.1) is 10.2 Å². The summed E-state index contributed by atoms with van der Waals surface area (Å²) in [6, 6.07) is 2.48. The number of β-amino-alcohol motifs (C(OH)–C–C–N with tert-alkyl or cyclic N) is 1. The normalized spacial score (nSPS) is 26.0. The van der Waals surface area contributed by atoms with Crippen LogP contribution in [0, 0.1) is 13.8 Å². The standard InChI is InChI=1S/C18H29N7O/c1-14-8-16(15(2)25(14)24-12-19-20-13-24)9-22-10-17(18(26)11-22)23-6-4-21(3)5-7-23/h8,12-13,17-18,26H,4-7,9-11H2,1-3H3/t17-,18-/m0/s1. The van der Waals surface area contributed by atoms with E-state index >= 15 is 0 Å². The lowest BCUT2D eigenvalue weighted by Crippen LogP contribution is -2.52. The maximum atomic E-state index is 10.6. The highest BCUT2D eigenvalue weighted by molar-refractivity contribution is 5.27. The van der Waals surface area contributed by atoms with Crippen LogP contribution in [0.5, 0.6) is 0 Å². The molecular weight excluding hydrogens is 330 g/mol. The minimum absolute atomic E-state index is 0.255. The molecule has 142 valence electrons. The first-order valence-electron chi connectivity index (χ1n) is 9.39. The predicted molar refractivity (Wildman–Crippen MR) is 98.9 cm³/mol. The fourth-order valence-electron chi connectivity index (χ4n) is 4.36. The quantitative estimate of drug-likeness (QED) is 0.816. The molecule has 26 heavy (non-hydrogen) atoms. The molecule has 0 radical (unpaired) electrons. The third-order valence-electron chi connectivity index (χ3n) is 5.87. The minimum Gasteiger partial charge on any atom is -0.390 e. The van der Waals surface area contributed by atoms with Crippen LogP contribution < -0.4 is 0 Å². The summed E-state index contributed by atoms with van der Waals surface area (Å²) in [5.74, 6) is 0. The monoisotopic (exact) mass is 359 g/mol. The van der Waals surface area contributed by atoms with Crippen LogP contribution in [0.25, 0.3) is 0 Å². The molecule has 8 heteroatoms. The van der Waals surface area contributed by atoms with E-state index in [2.05, 4.69) is 56.5 Å². The topological polar surface area (TPSA) is 65.6 Å². The van der Waals surface area contributed by atoms with E-state index in [0.717, 1.165) is 51.5 Å². The SMILES string of the molecule is Cc1cc(CN2C[C@H](O)[C@@H](N3CCN(C)CC3)C2)c(C)n1-n1cnnc1. The van der Waals surface area contributed by atoms with E-state index in [1.807, 2.05) is 4.68 Å². The largest absolute Gasteiger partial charge is 0.390 e. The van der Waals surface area contributed by atoms with E-state index in [9.17, 15) is 5.11 Å². The van der Waals surface area contributed by atoms with E-state index in [1.165, 1.54) is 11.3 Å². The summed E-state index contributed by atoms with van der Waals surface area (Å²) < 4.78 is 4.03. The highest BCUT2D eigenvalue weighted by Gasteiger charge is 2.36. The summed E-state index contributed by atoms with van der Waals surface area (Å²) >= 11 is 0. The van der Waals surface area contributed by atoms with E-state index in [0.29, 0.717) is 0 Å². The van der Waals surface area contributed by atoms with Gasteiger partial charge in [0, 0.05) is 63.2 Å². The van der Waals surface area contributed by atoms with Crippen molar-refractivity contribution in [2.45, 2.75) is 32.5 Å². The number of piperazine rings is 1. The molecule has 4 heterocycles. The zero-order valence-corrected chi connectivity index (χ0v) is 15.9. The molecular formula is C18H29N7O. The number of rotatable bonds is 4. The zero-order chi connectivity index (χ0) is 18.3. The number of likely N-dealkylation sites (N-methyl/N-ethyl adjacent to an activating group) is 1. The molecule has 0 amide bonds. The van der Waals surface area contributed by atoms with Crippen LogP contribution in [0.3, 0.4) is 0 Å². The van der Waals surface area contributed by atoms with Gasteiger partial charge < -0.3 is 10.0 Å². The first-order valence-corrected chi connectivity index (χ1v) is 9.39. The van der Waals surface area contributed by atoms with Crippen LogP contribution in [0.2, 0.25) is 0 Å². The maximum absolute atomic E-state index is 10.6. The number of aliphatic hydroxyl groups excluding tert-OH is 1. The Morgan fingerprint density at radius 3 is 2.46 bits per heavy atom. The van der Waals surface area contributed by atoms with Crippen molar-refractivity contribution in [1.29, 1.82) is 0 Å². The molecule has 2 atom stereocenters. The Hall–Kier alpha value is -1.74. The Morgan fingerprint density at radius 2 is 1.77 bits per heavy atom. The number of aromatic nitrogens is 4. The molecule has 2 aliphatic rings. The Morgan fingerprint density at radius 1 is 1.08 bits per heavy atom. The second-order valence-electron chi connectivity index (χ2n) is 7.72. The van der Waals surface area contributed by atoms with Crippen molar-refractivity contribution < 1.29 is 5.11 Å². The lowest BCUT2D eigenvalue weighted by atomic mass is 10.1. The van der Waals surface area contributed by atoms with Gasteiger partial charge in [-0.1, -0.05) is 0 Å². The second kappa shape index (κ2) is 7.11. The van der Waals surface area contributed by atoms with Crippen molar-refractivity contribution in [2.24, 2.45) is 0 Å². The molecule has 1 N–H and O–H groups in total. The molecule has 2 fully saturated rings. The summed E-state index contributed by atoms with van der Waals surface area (Å²) in [6.07, 6.45) is 3.17. The van der Waals surface area contributed by atoms with E-state index < -0.39 is 0 Å². The fourth-order valence-corrected chi connectivity index (χ4v) is 4.36. The van der Waals surface area contributed by atoms with Gasteiger partial charge in [0.2, 0.25) is 0 Å². The average molecular weight is 359 g/mol. The number of aliphatic hydroxyl groups is 1. The lowest BCUT2D eigenvalue weighted by molar-refractivity contribution is 0.0512. The maximum Gasteiger partial charge on any atom is 0.139 e. The van der Waals surface area contributed by atoms with E-state index in [1.54, 1.807) is 12.7 Å². The molecule has 4 rings (SSSR count). The molecule has 0 aliphatic carbocycles. The highest BCUT2D eigenvalue weighted by atomic mass is 16.3. The van der Waals surface area contributed by atoms with Gasteiger partial charge in [-0.2, -0.15) is 0 Å². The van der Waals surface area contributed by atoms with Crippen molar-refractivity contribution in [3.63, 3.8) is 0 Å². The van der Waals surface area contributed by atoms with Crippen LogP contribution >= 0.6 is 0 Å². The number of hydrogen-bond donors (Lipinski definition) is 1. The average Bonchev–Trinajstić information content (AvgIpc) is 3.30. The smallest absolute Gasteiger partial charge is 0.139 e. The molecule has 2 saturated heterocycles. The van der Waals surface area contributed by atoms with Crippen molar-refractivity contribution in [3.8, 4) is 0 Å². The Balaban J connectivity index is 1.45. The van der Waals surface area contributed by atoms with Gasteiger partial charge in [-0.3, -0.25) is 14.5 Å². The molecule has 2 aliphatic heterocycles. The molecule has 8 nitrogen and oxygen atoms in total. The van der Waals surface area contributed by atoms with Gasteiger partial charge in [0.15, 0.2) is 0 Å². The van der Waals surface area contributed by atoms with Crippen LogP contribution in [0.1, 0.15) is 17.0 Å². The van der Waals surface area contributed by atoms with Crippen molar-refractivity contribution in [2.75, 3.05) is 46.3 Å². The predicted octanol–water partition coefficient (Wildman–Crippen LogP) is -0.200. The number of aryl methyl sites for hydroxylation is 1. The fraction of sp³-hybridized carbons (Fsp3) is 0.667. The first kappa shape index (κ1) is 17.7. The van der Waals surface area contributed by atoms with Crippen LogP contribution in [-0.2, 0) is 6.54 Å². The molecule has 2 aromatic rings. The summed E-state index contributed by atoms with van der Waals surface area (Å²) in [5.41, 5.74) is 3.65. The van der Waals surface area contributed by atoms with Crippen LogP contribution in [0.15, 0.2) is 18.7 Å². The lowest BCUT2D eigenvalue weighted by Gasteiger charge is -2.37. The van der Waals surface area contributed by atoms with Gasteiger partial charge in [0.25, 0.3) is 0 Å². The van der Waals surface area contributed by atoms with Gasteiger partial charge in [0.1, 0.15) is 12.7 Å². The molecule has 0 unspecified atom stereocenters. The molecule has 2 aromatic heterocycles. The summed E-state index contributed by atoms with van der Waals surface area (Å²) in [7, 11) is 2.17. The van der Waals surface area contributed by atoms with E-state index in [-0.39, 0.29) is 12.1 Å². The number of nitrogens with zero attached hydrogens (tertiary/aromatic N) is 7. The molecule has 0 saturated carbocycles. The third-order valence-corrected chi connectivity index (χ3v) is 5.87. The first-order chi connectivity index (χ1) is 12.5. The van der Waals surface area contributed by atoms with Crippen molar-refractivity contribution in [3.05, 3.63) is 35.7 Å². The second-order valence-corrected chi connectivity index (χ2v) is 7.72. The zero-order valence-electron chi connectivity index (χ0n) is 15.9. The highest BCUT2D eigenvalue weighted by Crippen LogP contribution is 2.23. The van der Waals surface area contributed by atoms with E-state index in [4.69, 9.17) is 0 Å². The Labute approximate surface area is 154 Å². The van der Waals surface area contributed by atoms with Gasteiger partial charge in [-0.25, -0.2) is 4.68 Å². The van der Waals surface area contributed by atoms with Gasteiger partial charge in [-0.05, 0) is 32.5 Å². The van der Waals surface area contributed by atoms with Crippen molar-refractivity contribution >= 4 is 0 Å². The molecule has 0 spiro atoms. The van der Waals surface area contributed by atoms with Crippen LogP contribution in [-0.4, -0.2) is 97.8 Å². The number of likely N-dealkylation sites (tertiary alicyclic amines) is 1. The summed E-state index contributed by atoms with van der Waals surface area (Å²) in [4.78, 5) is 7.20. The van der Waals surface area contributed by atoms with Gasteiger partial charge >= 0.3 is 0 Å². The summed E-state index contributed by atoms with van der Waals surface area (Å²) in [6.45, 7) is 11.0. The van der Waals surface area contributed by atoms with Crippen LogP contribution in [0.4, 0.5) is 0 Å². The molecule has 0 bridgehead atoms. The third kappa shape index (κ3) is 3.29. The van der Waals surface area contributed by atoms with Crippen molar-refractivity contribution in [1.82, 2.24) is 34.2 Å². The number of hydrogen-bond acceptors (Lipinski definition) is 6.